The van der Waals surface area contributed by atoms with Crippen LogP contribution in [-0.4, -0.2) is 56.1 Å². The maximum Gasteiger partial charge on any atom is 0.0991 e. The van der Waals surface area contributed by atoms with Gasteiger partial charge in [-0.3, -0.25) is 9.88 Å². The van der Waals surface area contributed by atoms with Crippen LogP contribution in [0.4, 0.5) is 0 Å². The predicted molar refractivity (Wildman–Crippen MR) is 66.9 cm³/mol. The van der Waals surface area contributed by atoms with Crippen LogP contribution in [0.2, 0.25) is 0 Å². The van der Waals surface area contributed by atoms with Crippen LogP contribution in [0.25, 0.3) is 0 Å². The van der Waals surface area contributed by atoms with Gasteiger partial charge in [-0.1, -0.05) is 6.07 Å². The molecule has 0 spiro atoms. The Morgan fingerprint density at radius 3 is 2.67 bits per heavy atom. The van der Waals surface area contributed by atoms with Crippen molar-refractivity contribution in [3.63, 3.8) is 0 Å². The van der Waals surface area contributed by atoms with E-state index in [4.69, 9.17) is 0 Å². The van der Waals surface area contributed by atoms with Gasteiger partial charge >= 0.3 is 0 Å². The first kappa shape index (κ1) is 13.4. The average molecular weight is 252 g/mol. The van der Waals surface area contributed by atoms with Crippen molar-refractivity contribution in [1.82, 2.24) is 9.88 Å². The third-order valence-corrected chi connectivity index (χ3v) is 3.82. The Kier molecular flexibility index (Phi) is 3.97. The number of likely N-dealkylation sites (tertiary alicyclic amines) is 1. The maximum atomic E-state index is 9.87. The molecule has 0 unspecified atom stereocenters. The Hall–Kier alpha value is -1.01. The Labute approximate surface area is 107 Å². The zero-order valence-corrected chi connectivity index (χ0v) is 10.7. The molecule has 1 aliphatic heterocycles. The number of aryl methyl sites for hydroxylation is 1. The molecular formula is C13H20N2O3. The number of aliphatic hydroxyl groups excluding tert-OH is 3. The van der Waals surface area contributed by atoms with Gasteiger partial charge in [0.2, 0.25) is 0 Å². The maximum absolute atomic E-state index is 9.87. The third kappa shape index (κ3) is 2.27. The molecule has 1 fully saturated rings. The monoisotopic (exact) mass is 252 g/mol. The van der Waals surface area contributed by atoms with Crippen molar-refractivity contribution in [2.45, 2.75) is 44.7 Å². The van der Waals surface area contributed by atoms with Crippen LogP contribution < -0.4 is 0 Å². The summed E-state index contributed by atoms with van der Waals surface area (Å²) in [5, 5.41) is 29.1. The van der Waals surface area contributed by atoms with Gasteiger partial charge in [-0.05, 0) is 25.5 Å². The molecule has 100 valence electrons. The van der Waals surface area contributed by atoms with E-state index in [9.17, 15) is 15.3 Å². The molecule has 0 saturated carbocycles. The molecule has 0 radical (unpaired) electrons. The van der Waals surface area contributed by atoms with Gasteiger partial charge in [0.25, 0.3) is 0 Å². The van der Waals surface area contributed by atoms with Crippen molar-refractivity contribution in [1.29, 1.82) is 0 Å². The molecule has 0 bridgehead atoms. The minimum atomic E-state index is -0.908. The first-order chi connectivity index (χ1) is 8.56. The van der Waals surface area contributed by atoms with Gasteiger partial charge in [0, 0.05) is 18.8 Å². The zero-order valence-electron chi connectivity index (χ0n) is 10.7. The molecule has 3 N–H and O–H groups in total. The average Bonchev–Trinajstić information content (AvgIpc) is 2.57. The highest BCUT2D eigenvalue weighted by Gasteiger charge is 2.44. The summed E-state index contributed by atoms with van der Waals surface area (Å²) in [5.41, 5.74) is 1.97. The fourth-order valence-electron chi connectivity index (χ4n) is 2.54. The van der Waals surface area contributed by atoms with Crippen LogP contribution >= 0.6 is 0 Å². The summed E-state index contributed by atoms with van der Waals surface area (Å²) in [6, 6.07) is 3.22. The number of hydrogen-bond acceptors (Lipinski definition) is 5. The number of aliphatic hydroxyl groups is 3. The second-order valence-electron chi connectivity index (χ2n) is 4.91. The highest BCUT2D eigenvalue weighted by molar-refractivity contribution is 5.18. The molecule has 4 atom stereocenters. The normalized spacial score (nSPS) is 32.9. The summed E-state index contributed by atoms with van der Waals surface area (Å²) < 4.78 is 0. The minimum Gasteiger partial charge on any atom is -0.395 e. The Bertz CT molecular complexity index is 413. The summed E-state index contributed by atoms with van der Waals surface area (Å²) in [6.45, 7) is 4.17. The molecular weight excluding hydrogens is 232 g/mol. The van der Waals surface area contributed by atoms with Crippen LogP contribution in [-0.2, 0) is 6.54 Å². The van der Waals surface area contributed by atoms with Gasteiger partial charge in [0.15, 0.2) is 0 Å². The van der Waals surface area contributed by atoms with E-state index in [1.165, 1.54) is 0 Å². The van der Waals surface area contributed by atoms with E-state index in [1.807, 2.05) is 30.9 Å². The van der Waals surface area contributed by atoms with Gasteiger partial charge < -0.3 is 15.3 Å². The number of nitrogens with zero attached hydrogens (tertiary/aromatic N) is 2. The molecule has 5 heteroatoms. The predicted octanol–water partition coefficient (Wildman–Crippen LogP) is -0.323. The Morgan fingerprint density at radius 2 is 2.06 bits per heavy atom. The van der Waals surface area contributed by atoms with E-state index in [2.05, 4.69) is 4.98 Å². The van der Waals surface area contributed by atoms with Crippen molar-refractivity contribution < 1.29 is 15.3 Å². The molecule has 1 saturated heterocycles. The summed E-state index contributed by atoms with van der Waals surface area (Å²) in [4.78, 5) is 6.22. The van der Waals surface area contributed by atoms with Crippen LogP contribution in [0.3, 0.4) is 0 Å². The molecule has 18 heavy (non-hydrogen) atoms. The quantitative estimate of drug-likeness (QED) is 0.687. The van der Waals surface area contributed by atoms with E-state index >= 15 is 0 Å². The number of aromatic nitrogens is 1. The molecule has 0 aliphatic carbocycles. The second-order valence-corrected chi connectivity index (χ2v) is 4.91. The van der Waals surface area contributed by atoms with Gasteiger partial charge in [-0.15, -0.1) is 0 Å². The van der Waals surface area contributed by atoms with Crippen molar-refractivity contribution in [3.05, 3.63) is 29.6 Å². The van der Waals surface area contributed by atoms with Crippen molar-refractivity contribution >= 4 is 0 Å². The molecule has 5 nitrogen and oxygen atoms in total. The molecule has 2 heterocycles. The van der Waals surface area contributed by atoms with E-state index < -0.39 is 18.2 Å². The lowest BCUT2D eigenvalue weighted by molar-refractivity contribution is 0.0185. The van der Waals surface area contributed by atoms with Crippen LogP contribution in [0.5, 0.6) is 0 Å². The Morgan fingerprint density at radius 1 is 1.33 bits per heavy atom. The molecule has 1 aliphatic rings. The van der Waals surface area contributed by atoms with E-state index in [0.717, 1.165) is 11.3 Å². The SMILES string of the molecule is Cc1cccnc1CN1[C@H](CO)[C@@H](O)[C@@H](O)[C@@H]1C. The summed E-state index contributed by atoms with van der Waals surface area (Å²) >= 11 is 0. The van der Waals surface area contributed by atoms with Crippen molar-refractivity contribution in [2.24, 2.45) is 0 Å². The number of rotatable bonds is 3. The topological polar surface area (TPSA) is 76.8 Å². The summed E-state index contributed by atoms with van der Waals surface area (Å²) in [6.07, 6.45) is -0.00987. The van der Waals surface area contributed by atoms with Crippen molar-refractivity contribution in [2.75, 3.05) is 6.61 Å². The first-order valence-electron chi connectivity index (χ1n) is 6.19. The second kappa shape index (κ2) is 5.32. The van der Waals surface area contributed by atoms with E-state index in [-0.39, 0.29) is 12.6 Å². The third-order valence-electron chi connectivity index (χ3n) is 3.82. The molecule has 2 rings (SSSR count). The van der Waals surface area contributed by atoms with Gasteiger partial charge in [-0.25, -0.2) is 0 Å². The standard InChI is InChI=1S/C13H20N2O3/c1-8-4-3-5-14-10(8)6-15-9(2)12(17)13(18)11(15)7-16/h3-5,9,11-13,16-18H,6-7H2,1-2H3/t9-,11+,12-,13+/m0/s1. The largest absolute Gasteiger partial charge is 0.395 e. The highest BCUT2D eigenvalue weighted by Crippen LogP contribution is 2.27. The lowest BCUT2D eigenvalue weighted by atomic mass is 10.1. The molecule has 1 aromatic rings. The first-order valence-corrected chi connectivity index (χ1v) is 6.19. The fourth-order valence-corrected chi connectivity index (χ4v) is 2.54. The Balaban J connectivity index is 2.20. The van der Waals surface area contributed by atoms with Gasteiger partial charge in [0.1, 0.15) is 0 Å². The van der Waals surface area contributed by atoms with Crippen molar-refractivity contribution in [3.8, 4) is 0 Å². The van der Waals surface area contributed by atoms with E-state index in [0.29, 0.717) is 6.54 Å². The van der Waals surface area contributed by atoms with Crippen LogP contribution in [0.15, 0.2) is 18.3 Å². The fraction of sp³-hybridized carbons (Fsp3) is 0.615. The van der Waals surface area contributed by atoms with E-state index in [1.54, 1.807) is 6.20 Å². The summed E-state index contributed by atoms with van der Waals surface area (Å²) in [5.74, 6) is 0. The summed E-state index contributed by atoms with van der Waals surface area (Å²) in [7, 11) is 0. The lowest BCUT2D eigenvalue weighted by Gasteiger charge is -2.27. The lowest BCUT2D eigenvalue weighted by Crippen LogP contribution is -2.40. The van der Waals surface area contributed by atoms with Crippen LogP contribution in [0.1, 0.15) is 18.2 Å². The number of hydrogen-bond donors (Lipinski definition) is 3. The van der Waals surface area contributed by atoms with Crippen LogP contribution in [0, 0.1) is 6.92 Å². The zero-order chi connectivity index (χ0) is 13.3. The molecule has 1 aromatic heterocycles. The highest BCUT2D eigenvalue weighted by atomic mass is 16.3. The smallest absolute Gasteiger partial charge is 0.0991 e. The van der Waals surface area contributed by atoms with Gasteiger partial charge in [0.05, 0.1) is 30.6 Å². The molecule has 0 amide bonds. The molecule has 0 aromatic carbocycles. The minimum absolute atomic E-state index is 0.172. The van der Waals surface area contributed by atoms with Gasteiger partial charge in [-0.2, -0.15) is 0 Å². The number of pyridine rings is 1.